The van der Waals surface area contributed by atoms with Gasteiger partial charge in [-0.15, -0.1) is 0 Å². The number of amides is 1. The Hall–Kier alpha value is -2.69. The third-order valence-corrected chi connectivity index (χ3v) is 4.46. The van der Waals surface area contributed by atoms with Gasteiger partial charge < -0.3 is 10.2 Å². The van der Waals surface area contributed by atoms with Gasteiger partial charge >= 0.3 is 0 Å². The zero-order valence-electron chi connectivity index (χ0n) is 14.6. The number of nitrogens with zero attached hydrogens (tertiary/aromatic N) is 3. The molecule has 0 bridgehead atoms. The van der Waals surface area contributed by atoms with Crippen molar-refractivity contribution in [1.29, 1.82) is 0 Å². The van der Waals surface area contributed by atoms with Crippen LogP contribution in [0, 0.1) is 0 Å². The highest BCUT2D eigenvalue weighted by Gasteiger charge is 2.21. The van der Waals surface area contributed by atoms with Gasteiger partial charge in [-0.1, -0.05) is 37.3 Å². The summed E-state index contributed by atoms with van der Waals surface area (Å²) in [6.45, 7) is 3.89. The van der Waals surface area contributed by atoms with Crippen molar-refractivity contribution in [2.24, 2.45) is 0 Å². The lowest BCUT2D eigenvalue weighted by atomic mass is 10.0. The van der Waals surface area contributed by atoms with E-state index < -0.39 is 0 Å². The number of rotatable bonds is 5. The van der Waals surface area contributed by atoms with Crippen molar-refractivity contribution in [2.45, 2.75) is 32.2 Å². The maximum absolute atomic E-state index is 12.1. The van der Waals surface area contributed by atoms with Gasteiger partial charge in [0, 0.05) is 37.0 Å². The van der Waals surface area contributed by atoms with Crippen molar-refractivity contribution in [3.63, 3.8) is 0 Å². The van der Waals surface area contributed by atoms with Crippen LogP contribution >= 0.6 is 0 Å². The quantitative estimate of drug-likeness (QED) is 0.853. The van der Waals surface area contributed by atoms with Gasteiger partial charge in [0.05, 0.1) is 0 Å². The van der Waals surface area contributed by atoms with Crippen LogP contribution in [0.4, 0.5) is 5.82 Å². The van der Waals surface area contributed by atoms with Crippen molar-refractivity contribution >= 4 is 17.8 Å². The van der Waals surface area contributed by atoms with Crippen molar-refractivity contribution in [1.82, 2.24) is 15.3 Å². The Labute approximate surface area is 148 Å². The van der Waals surface area contributed by atoms with E-state index in [1.807, 2.05) is 36.4 Å². The van der Waals surface area contributed by atoms with Gasteiger partial charge in [-0.2, -0.15) is 0 Å². The lowest BCUT2D eigenvalue weighted by Gasteiger charge is -2.33. The fraction of sp³-hybridized carbons (Fsp3) is 0.350. The monoisotopic (exact) mass is 336 g/mol. The van der Waals surface area contributed by atoms with E-state index in [0.717, 1.165) is 49.4 Å². The standard InChI is InChI=1S/C20H24N4O/c1-2-17-14-19(22-15-21-17)24-12-10-18(11-13-24)23-20(25)9-8-16-6-4-3-5-7-16/h3-9,14-15,18H,2,10-13H2,1H3,(H,23,25)/b9-8+. The Balaban J connectivity index is 1.49. The minimum atomic E-state index is -0.0300. The second kappa shape index (κ2) is 8.42. The molecule has 0 spiro atoms. The molecule has 25 heavy (non-hydrogen) atoms. The molecule has 0 radical (unpaired) electrons. The highest BCUT2D eigenvalue weighted by Crippen LogP contribution is 2.18. The smallest absolute Gasteiger partial charge is 0.244 e. The summed E-state index contributed by atoms with van der Waals surface area (Å²) in [4.78, 5) is 23.0. The predicted octanol–water partition coefficient (Wildman–Crippen LogP) is 2.84. The van der Waals surface area contributed by atoms with Crippen LogP contribution in [0.25, 0.3) is 6.08 Å². The Kier molecular flexibility index (Phi) is 5.77. The number of piperidine rings is 1. The summed E-state index contributed by atoms with van der Waals surface area (Å²) in [7, 11) is 0. The zero-order valence-corrected chi connectivity index (χ0v) is 14.6. The topological polar surface area (TPSA) is 58.1 Å². The van der Waals surface area contributed by atoms with Crippen molar-refractivity contribution in [2.75, 3.05) is 18.0 Å². The number of nitrogens with one attached hydrogen (secondary N) is 1. The van der Waals surface area contributed by atoms with E-state index in [1.54, 1.807) is 12.4 Å². The number of aromatic nitrogens is 2. The molecule has 1 aliphatic heterocycles. The van der Waals surface area contributed by atoms with E-state index in [9.17, 15) is 4.79 Å². The lowest BCUT2D eigenvalue weighted by Crippen LogP contribution is -2.44. The molecule has 1 aliphatic rings. The second-order valence-electron chi connectivity index (χ2n) is 6.24. The Morgan fingerprint density at radius 3 is 2.72 bits per heavy atom. The Bertz CT molecular complexity index is 721. The van der Waals surface area contributed by atoms with Crippen LogP contribution in [0.5, 0.6) is 0 Å². The molecule has 2 heterocycles. The fourth-order valence-corrected chi connectivity index (χ4v) is 2.99. The molecule has 130 valence electrons. The molecular formula is C20H24N4O. The van der Waals surface area contributed by atoms with Crippen LogP contribution in [0.15, 0.2) is 48.8 Å². The highest BCUT2D eigenvalue weighted by atomic mass is 16.1. The molecule has 5 nitrogen and oxygen atoms in total. The minimum absolute atomic E-state index is 0.0300. The second-order valence-corrected chi connectivity index (χ2v) is 6.24. The van der Waals surface area contributed by atoms with Gasteiger partial charge in [0.15, 0.2) is 0 Å². The normalized spacial score (nSPS) is 15.5. The van der Waals surface area contributed by atoms with Crippen LogP contribution in [0.2, 0.25) is 0 Å². The van der Waals surface area contributed by atoms with E-state index in [4.69, 9.17) is 0 Å². The molecular weight excluding hydrogens is 312 g/mol. The Morgan fingerprint density at radius 2 is 2.00 bits per heavy atom. The minimum Gasteiger partial charge on any atom is -0.356 e. The molecule has 0 aliphatic carbocycles. The van der Waals surface area contributed by atoms with Gasteiger partial charge in [-0.25, -0.2) is 9.97 Å². The van der Waals surface area contributed by atoms with Gasteiger partial charge in [-0.05, 0) is 30.9 Å². The number of aryl methyl sites for hydroxylation is 1. The van der Waals surface area contributed by atoms with Gasteiger partial charge in [-0.3, -0.25) is 4.79 Å². The molecule has 1 fully saturated rings. The van der Waals surface area contributed by atoms with E-state index in [0.29, 0.717) is 0 Å². The largest absolute Gasteiger partial charge is 0.356 e. The lowest BCUT2D eigenvalue weighted by molar-refractivity contribution is -0.117. The summed E-state index contributed by atoms with van der Waals surface area (Å²) in [6.07, 6.45) is 7.86. The van der Waals surface area contributed by atoms with E-state index >= 15 is 0 Å². The highest BCUT2D eigenvalue weighted by molar-refractivity contribution is 5.91. The molecule has 1 aromatic heterocycles. The first-order valence-corrected chi connectivity index (χ1v) is 8.84. The van der Waals surface area contributed by atoms with Crippen LogP contribution in [0.3, 0.4) is 0 Å². The number of carbonyl (C=O) groups excluding carboxylic acids is 1. The maximum atomic E-state index is 12.1. The van der Waals surface area contributed by atoms with E-state index in [-0.39, 0.29) is 11.9 Å². The summed E-state index contributed by atoms with van der Waals surface area (Å²) in [5.41, 5.74) is 2.09. The summed E-state index contributed by atoms with van der Waals surface area (Å²) in [6, 6.07) is 12.1. The van der Waals surface area contributed by atoms with Gasteiger partial charge in [0.1, 0.15) is 12.1 Å². The number of hydrogen-bond acceptors (Lipinski definition) is 4. The van der Waals surface area contributed by atoms with Crippen molar-refractivity contribution < 1.29 is 4.79 Å². The first-order chi connectivity index (χ1) is 12.2. The first-order valence-electron chi connectivity index (χ1n) is 8.84. The first kappa shape index (κ1) is 17.1. The summed E-state index contributed by atoms with van der Waals surface area (Å²) in [5, 5.41) is 3.10. The van der Waals surface area contributed by atoms with Crippen molar-refractivity contribution in [3.8, 4) is 0 Å². The van der Waals surface area contributed by atoms with Crippen LogP contribution in [-0.2, 0) is 11.2 Å². The average molecular weight is 336 g/mol. The third kappa shape index (κ3) is 4.89. The fourth-order valence-electron chi connectivity index (χ4n) is 2.99. The molecule has 1 aromatic carbocycles. The number of hydrogen-bond donors (Lipinski definition) is 1. The molecule has 1 amide bonds. The van der Waals surface area contributed by atoms with Crippen LogP contribution in [-0.4, -0.2) is 35.0 Å². The average Bonchev–Trinajstić information content (AvgIpc) is 2.68. The summed E-state index contributed by atoms with van der Waals surface area (Å²) in [5.74, 6) is 0.957. The SMILES string of the molecule is CCc1cc(N2CCC(NC(=O)/C=C/c3ccccc3)CC2)ncn1. The van der Waals surface area contributed by atoms with Crippen LogP contribution in [0.1, 0.15) is 31.0 Å². The molecule has 0 unspecified atom stereocenters. The van der Waals surface area contributed by atoms with Gasteiger partial charge in [0.2, 0.25) is 5.91 Å². The summed E-state index contributed by atoms with van der Waals surface area (Å²) < 4.78 is 0. The molecule has 1 N–H and O–H groups in total. The molecule has 5 heteroatoms. The van der Waals surface area contributed by atoms with E-state index in [2.05, 4.69) is 33.2 Å². The number of carbonyl (C=O) groups is 1. The maximum Gasteiger partial charge on any atom is 0.244 e. The molecule has 0 atom stereocenters. The Morgan fingerprint density at radius 1 is 1.24 bits per heavy atom. The molecule has 3 rings (SSSR count). The molecule has 0 saturated carbocycles. The summed E-state index contributed by atoms with van der Waals surface area (Å²) >= 11 is 0. The van der Waals surface area contributed by atoms with Gasteiger partial charge in [0.25, 0.3) is 0 Å². The third-order valence-electron chi connectivity index (χ3n) is 4.46. The number of benzene rings is 1. The number of anilines is 1. The predicted molar refractivity (Wildman–Crippen MR) is 100 cm³/mol. The van der Waals surface area contributed by atoms with Crippen LogP contribution < -0.4 is 10.2 Å². The molecule has 1 saturated heterocycles. The zero-order chi connectivity index (χ0) is 17.5. The van der Waals surface area contributed by atoms with Crippen molar-refractivity contribution in [3.05, 3.63) is 60.1 Å². The molecule has 2 aromatic rings. The van der Waals surface area contributed by atoms with E-state index in [1.165, 1.54) is 0 Å².